The van der Waals surface area contributed by atoms with Crippen molar-refractivity contribution in [3.8, 4) is 11.5 Å². The van der Waals surface area contributed by atoms with Crippen LogP contribution in [0.3, 0.4) is 0 Å². The van der Waals surface area contributed by atoms with Crippen LogP contribution in [0.4, 0.5) is 24.5 Å². The number of halogens is 3. The fourth-order valence-electron chi connectivity index (χ4n) is 1.38. The van der Waals surface area contributed by atoms with Crippen molar-refractivity contribution in [3.63, 3.8) is 0 Å². The van der Waals surface area contributed by atoms with Crippen molar-refractivity contribution in [3.05, 3.63) is 48.5 Å². The minimum Gasteiger partial charge on any atom is -0.504 e. The number of hydrogen-bond donors (Lipinski definition) is 1. The lowest BCUT2D eigenvalue weighted by Crippen LogP contribution is -2.17. The Balaban J connectivity index is 2.21. The molecule has 0 saturated heterocycles. The van der Waals surface area contributed by atoms with Gasteiger partial charge in [0.15, 0.2) is 11.5 Å². The van der Waals surface area contributed by atoms with Gasteiger partial charge in [0.05, 0.1) is 11.4 Å². The lowest BCUT2D eigenvalue weighted by atomic mass is 10.3. The van der Waals surface area contributed by atoms with Gasteiger partial charge in [-0.3, -0.25) is 0 Å². The Morgan fingerprint density at radius 2 is 1.55 bits per heavy atom. The summed E-state index contributed by atoms with van der Waals surface area (Å²) in [6.07, 6.45) is -4.88. The highest BCUT2D eigenvalue weighted by Crippen LogP contribution is 2.34. The summed E-state index contributed by atoms with van der Waals surface area (Å²) < 4.78 is 40.0. The highest BCUT2D eigenvalue weighted by atomic mass is 19.4. The van der Waals surface area contributed by atoms with Gasteiger partial charge >= 0.3 is 6.36 Å². The van der Waals surface area contributed by atoms with E-state index >= 15 is 0 Å². The molecule has 0 aliphatic heterocycles. The van der Waals surface area contributed by atoms with Crippen LogP contribution >= 0.6 is 0 Å². The molecule has 0 aliphatic rings. The fourth-order valence-corrected chi connectivity index (χ4v) is 1.38. The summed E-state index contributed by atoms with van der Waals surface area (Å²) in [6, 6.07) is 12.0. The molecule has 1 N–H and O–H groups in total. The van der Waals surface area contributed by atoms with Crippen LogP contribution in [0.25, 0.3) is 0 Å². The second-order valence-corrected chi connectivity index (χ2v) is 3.74. The maximum atomic E-state index is 12.1. The van der Waals surface area contributed by atoms with Crippen molar-refractivity contribution in [1.82, 2.24) is 0 Å². The van der Waals surface area contributed by atoms with Gasteiger partial charge in [-0.15, -0.1) is 13.2 Å². The molecular formula is C13H9F3N2O2. The van der Waals surface area contributed by atoms with E-state index in [1.54, 1.807) is 30.3 Å². The second-order valence-electron chi connectivity index (χ2n) is 3.74. The summed E-state index contributed by atoms with van der Waals surface area (Å²) in [5, 5.41) is 16.9. The number of phenols is 1. The zero-order chi connectivity index (χ0) is 14.6. The SMILES string of the molecule is Oc1ccc(/N=N/c2ccccc2)cc1OC(F)(F)F. The van der Waals surface area contributed by atoms with Gasteiger partial charge in [-0.2, -0.15) is 10.2 Å². The highest BCUT2D eigenvalue weighted by molar-refractivity contribution is 5.51. The molecule has 0 aliphatic carbocycles. The molecule has 0 unspecified atom stereocenters. The van der Waals surface area contributed by atoms with Crippen LogP contribution in [-0.2, 0) is 0 Å². The van der Waals surface area contributed by atoms with Crippen molar-refractivity contribution in [2.24, 2.45) is 10.2 Å². The number of hydrogen-bond acceptors (Lipinski definition) is 4. The van der Waals surface area contributed by atoms with E-state index in [-0.39, 0.29) is 5.69 Å². The van der Waals surface area contributed by atoms with Crippen molar-refractivity contribution in [2.45, 2.75) is 6.36 Å². The van der Waals surface area contributed by atoms with E-state index in [2.05, 4.69) is 15.0 Å². The van der Waals surface area contributed by atoms with E-state index in [0.717, 1.165) is 12.1 Å². The Hall–Kier alpha value is -2.57. The molecule has 0 spiro atoms. The van der Waals surface area contributed by atoms with Crippen LogP contribution in [0.1, 0.15) is 0 Å². The lowest BCUT2D eigenvalue weighted by Gasteiger charge is -2.10. The summed E-state index contributed by atoms with van der Waals surface area (Å²) in [4.78, 5) is 0. The first-order valence-electron chi connectivity index (χ1n) is 5.49. The van der Waals surface area contributed by atoms with E-state index in [4.69, 9.17) is 0 Å². The Labute approximate surface area is 112 Å². The van der Waals surface area contributed by atoms with Gasteiger partial charge in [-0.1, -0.05) is 18.2 Å². The summed E-state index contributed by atoms with van der Waals surface area (Å²) in [5.41, 5.74) is 0.685. The van der Waals surface area contributed by atoms with E-state index in [0.29, 0.717) is 5.69 Å². The molecule has 4 nitrogen and oxygen atoms in total. The van der Waals surface area contributed by atoms with Crippen LogP contribution in [0.2, 0.25) is 0 Å². The first-order valence-corrected chi connectivity index (χ1v) is 5.49. The monoisotopic (exact) mass is 282 g/mol. The first-order chi connectivity index (χ1) is 9.44. The fraction of sp³-hybridized carbons (Fsp3) is 0.0769. The van der Waals surface area contributed by atoms with Gasteiger partial charge in [0.2, 0.25) is 0 Å². The van der Waals surface area contributed by atoms with Crippen LogP contribution < -0.4 is 4.74 Å². The van der Waals surface area contributed by atoms with Crippen LogP contribution in [0, 0.1) is 0 Å². The van der Waals surface area contributed by atoms with Gasteiger partial charge in [-0.05, 0) is 24.3 Å². The molecule has 2 rings (SSSR count). The zero-order valence-corrected chi connectivity index (χ0v) is 10.0. The van der Waals surface area contributed by atoms with Gasteiger partial charge in [0.1, 0.15) is 0 Å². The molecule has 0 aromatic heterocycles. The number of phenolic OH excluding ortho intramolecular Hbond substituents is 1. The van der Waals surface area contributed by atoms with Crippen molar-refractivity contribution >= 4 is 11.4 Å². The third-order valence-electron chi connectivity index (χ3n) is 2.21. The number of ether oxygens (including phenoxy) is 1. The first kappa shape index (κ1) is 13.9. The second kappa shape index (κ2) is 5.60. The molecular weight excluding hydrogens is 273 g/mol. The number of alkyl halides is 3. The molecule has 2 aromatic rings. The number of aromatic hydroxyl groups is 1. The van der Waals surface area contributed by atoms with E-state index in [1.165, 1.54) is 6.07 Å². The highest BCUT2D eigenvalue weighted by Gasteiger charge is 2.32. The summed E-state index contributed by atoms with van der Waals surface area (Å²) in [6.45, 7) is 0. The van der Waals surface area contributed by atoms with E-state index in [9.17, 15) is 18.3 Å². The summed E-state index contributed by atoms with van der Waals surface area (Å²) >= 11 is 0. The predicted octanol–water partition coefficient (Wildman–Crippen LogP) is 4.71. The molecule has 0 fully saturated rings. The molecule has 0 heterocycles. The minimum atomic E-state index is -4.88. The lowest BCUT2D eigenvalue weighted by molar-refractivity contribution is -0.275. The number of azo groups is 1. The Bertz CT molecular complexity index is 613. The third kappa shape index (κ3) is 3.98. The van der Waals surface area contributed by atoms with Crippen LogP contribution in [0.15, 0.2) is 58.8 Å². The third-order valence-corrected chi connectivity index (χ3v) is 2.21. The zero-order valence-electron chi connectivity index (χ0n) is 10.0. The molecule has 0 radical (unpaired) electrons. The van der Waals surface area contributed by atoms with Crippen LogP contribution in [0.5, 0.6) is 11.5 Å². The average molecular weight is 282 g/mol. The Kier molecular flexibility index (Phi) is 3.88. The quantitative estimate of drug-likeness (QED) is 0.829. The van der Waals surface area contributed by atoms with Gasteiger partial charge in [0.25, 0.3) is 0 Å². The summed E-state index contributed by atoms with van der Waals surface area (Å²) in [7, 11) is 0. The van der Waals surface area contributed by atoms with Crippen LogP contribution in [-0.4, -0.2) is 11.5 Å². The van der Waals surface area contributed by atoms with Crippen molar-refractivity contribution in [2.75, 3.05) is 0 Å². The topological polar surface area (TPSA) is 54.2 Å². The summed E-state index contributed by atoms with van der Waals surface area (Å²) in [5.74, 6) is -1.34. The molecule has 104 valence electrons. The molecule has 0 bridgehead atoms. The number of rotatable bonds is 3. The van der Waals surface area contributed by atoms with Gasteiger partial charge in [-0.25, -0.2) is 0 Å². The van der Waals surface area contributed by atoms with Gasteiger partial charge < -0.3 is 9.84 Å². The minimum absolute atomic E-state index is 0.130. The predicted molar refractivity (Wildman–Crippen MR) is 65.4 cm³/mol. The van der Waals surface area contributed by atoms with Crippen molar-refractivity contribution < 1.29 is 23.0 Å². The van der Waals surface area contributed by atoms with Gasteiger partial charge in [0, 0.05) is 6.07 Å². The molecule has 2 aromatic carbocycles. The molecule has 7 heteroatoms. The van der Waals surface area contributed by atoms with E-state index in [1.807, 2.05) is 0 Å². The molecule has 0 atom stereocenters. The normalized spacial score (nSPS) is 11.8. The average Bonchev–Trinajstić information content (AvgIpc) is 2.39. The van der Waals surface area contributed by atoms with E-state index < -0.39 is 17.9 Å². The Morgan fingerprint density at radius 1 is 0.900 bits per heavy atom. The number of benzene rings is 2. The Morgan fingerprint density at radius 3 is 2.20 bits per heavy atom. The largest absolute Gasteiger partial charge is 0.573 e. The maximum absolute atomic E-state index is 12.1. The number of nitrogens with zero attached hydrogens (tertiary/aromatic N) is 2. The molecule has 0 saturated carbocycles. The molecule has 0 amide bonds. The maximum Gasteiger partial charge on any atom is 0.573 e. The molecule has 20 heavy (non-hydrogen) atoms. The smallest absolute Gasteiger partial charge is 0.504 e. The van der Waals surface area contributed by atoms with Crippen molar-refractivity contribution in [1.29, 1.82) is 0 Å². The standard InChI is InChI=1S/C13H9F3N2O2/c14-13(15,16)20-12-8-10(6-7-11(12)19)18-17-9-4-2-1-3-5-9/h1-8,19H/b18-17+.